The summed E-state index contributed by atoms with van der Waals surface area (Å²) in [7, 11) is -4.37. The van der Waals surface area contributed by atoms with Gasteiger partial charge in [0.25, 0.3) is 10.1 Å². The summed E-state index contributed by atoms with van der Waals surface area (Å²) in [5, 5.41) is 18.1. The van der Waals surface area contributed by atoms with Crippen LogP contribution in [0.15, 0.2) is 17.0 Å². The van der Waals surface area contributed by atoms with Gasteiger partial charge < -0.3 is 10.2 Å². The maximum Gasteiger partial charge on any atom is 0.294 e. The number of benzene rings is 1. The van der Waals surface area contributed by atoms with Crippen molar-refractivity contribution in [1.82, 2.24) is 0 Å². The molecule has 0 aliphatic heterocycles. The van der Waals surface area contributed by atoms with E-state index in [0.717, 1.165) is 0 Å². The van der Waals surface area contributed by atoms with Crippen LogP contribution in [0.25, 0.3) is 0 Å². The molecule has 5 nitrogen and oxygen atoms in total. The molecule has 15 heavy (non-hydrogen) atoms. The van der Waals surface area contributed by atoms with Crippen LogP contribution in [0.3, 0.4) is 0 Å². The van der Waals surface area contributed by atoms with E-state index in [-0.39, 0.29) is 17.1 Å². The quantitative estimate of drug-likeness (QED) is 0.648. The highest BCUT2D eigenvalue weighted by atomic mass is 32.2. The minimum Gasteiger partial charge on any atom is -0.392 e. The molecule has 0 aliphatic carbocycles. The lowest BCUT2D eigenvalue weighted by Crippen LogP contribution is -2.08. The van der Waals surface area contributed by atoms with Gasteiger partial charge in [-0.3, -0.25) is 4.55 Å². The van der Waals surface area contributed by atoms with Gasteiger partial charge in [0.2, 0.25) is 0 Å². The molecule has 0 atom stereocenters. The van der Waals surface area contributed by atoms with E-state index in [9.17, 15) is 8.42 Å². The topological polar surface area (TPSA) is 94.8 Å². The second kappa shape index (κ2) is 4.28. The van der Waals surface area contributed by atoms with Crippen molar-refractivity contribution in [3.8, 4) is 0 Å². The van der Waals surface area contributed by atoms with Crippen molar-refractivity contribution in [2.75, 3.05) is 0 Å². The van der Waals surface area contributed by atoms with Crippen LogP contribution in [0.4, 0.5) is 0 Å². The van der Waals surface area contributed by atoms with Crippen molar-refractivity contribution in [3.05, 3.63) is 28.8 Å². The molecular formula is C9H12O5S. The van der Waals surface area contributed by atoms with Crippen LogP contribution < -0.4 is 0 Å². The van der Waals surface area contributed by atoms with E-state index in [1.165, 1.54) is 12.1 Å². The minimum atomic E-state index is -4.37. The molecule has 0 fully saturated rings. The monoisotopic (exact) mass is 232 g/mol. The van der Waals surface area contributed by atoms with Crippen LogP contribution in [-0.2, 0) is 23.3 Å². The molecule has 1 aromatic carbocycles. The van der Waals surface area contributed by atoms with Gasteiger partial charge in [0.1, 0.15) is 0 Å². The van der Waals surface area contributed by atoms with Crippen molar-refractivity contribution in [3.63, 3.8) is 0 Å². The summed E-state index contributed by atoms with van der Waals surface area (Å²) in [6.45, 7) is 0.746. The summed E-state index contributed by atoms with van der Waals surface area (Å²) in [6.07, 6.45) is 0. The van der Waals surface area contributed by atoms with E-state index in [2.05, 4.69) is 0 Å². The smallest absolute Gasteiger partial charge is 0.294 e. The van der Waals surface area contributed by atoms with Gasteiger partial charge in [-0.25, -0.2) is 0 Å². The van der Waals surface area contributed by atoms with Crippen molar-refractivity contribution in [2.45, 2.75) is 25.0 Å². The lowest BCUT2D eigenvalue weighted by Gasteiger charge is -2.11. The third-order valence-electron chi connectivity index (χ3n) is 2.22. The van der Waals surface area contributed by atoms with Gasteiger partial charge in [-0.2, -0.15) is 8.42 Å². The molecule has 84 valence electrons. The summed E-state index contributed by atoms with van der Waals surface area (Å²) in [6, 6.07) is 2.67. The van der Waals surface area contributed by atoms with Gasteiger partial charge in [0.15, 0.2) is 0 Å². The molecular weight excluding hydrogens is 220 g/mol. The molecule has 0 saturated carbocycles. The fourth-order valence-electron chi connectivity index (χ4n) is 1.42. The molecule has 0 heterocycles. The van der Waals surface area contributed by atoms with Crippen molar-refractivity contribution in [1.29, 1.82) is 0 Å². The molecule has 0 spiro atoms. The average Bonchev–Trinajstić information content (AvgIpc) is 2.15. The molecule has 0 aromatic heterocycles. The number of hydrogen-bond donors (Lipinski definition) is 3. The Hall–Kier alpha value is -0.950. The van der Waals surface area contributed by atoms with Crippen molar-refractivity contribution in [2.24, 2.45) is 0 Å². The summed E-state index contributed by atoms with van der Waals surface area (Å²) < 4.78 is 30.8. The van der Waals surface area contributed by atoms with Gasteiger partial charge in [0.05, 0.1) is 18.1 Å². The van der Waals surface area contributed by atoms with Gasteiger partial charge in [-0.15, -0.1) is 0 Å². The molecule has 6 heteroatoms. The lowest BCUT2D eigenvalue weighted by atomic mass is 10.0. The second-order valence-corrected chi connectivity index (χ2v) is 4.52. The first-order chi connectivity index (χ1) is 6.91. The van der Waals surface area contributed by atoms with Gasteiger partial charge in [-0.1, -0.05) is 6.07 Å². The van der Waals surface area contributed by atoms with Crippen molar-refractivity contribution >= 4 is 10.1 Å². The number of hydrogen-bond acceptors (Lipinski definition) is 4. The maximum atomic E-state index is 11.0. The fraction of sp³-hybridized carbons (Fsp3) is 0.333. The van der Waals surface area contributed by atoms with Gasteiger partial charge in [-0.05, 0) is 24.1 Å². The van der Waals surface area contributed by atoms with Crippen LogP contribution in [0, 0.1) is 6.92 Å². The largest absolute Gasteiger partial charge is 0.392 e. The van der Waals surface area contributed by atoms with E-state index < -0.39 is 16.7 Å². The summed E-state index contributed by atoms with van der Waals surface area (Å²) in [5.74, 6) is 0. The molecule has 1 aromatic rings. The molecule has 0 unspecified atom stereocenters. The van der Waals surface area contributed by atoms with E-state index in [1.807, 2.05) is 0 Å². The van der Waals surface area contributed by atoms with E-state index in [1.54, 1.807) is 6.92 Å². The first-order valence-corrected chi connectivity index (χ1v) is 5.66. The van der Waals surface area contributed by atoms with E-state index in [0.29, 0.717) is 11.1 Å². The standard InChI is InChI=1S/C9H12O5S/c1-6-2-3-9(15(12,13)14)8(5-11)7(6)4-10/h2-3,10-11H,4-5H2,1H3,(H,12,13,14). The highest BCUT2D eigenvalue weighted by Gasteiger charge is 2.18. The third kappa shape index (κ3) is 2.35. The van der Waals surface area contributed by atoms with Crippen LogP contribution in [-0.4, -0.2) is 23.2 Å². The Morgan fingerprint density at radius 3 is 2.07 bits per heavy atom. The molecule has 1 rings (SSSR count). The molecule has 0 aliphatic rings. The Morgan fingerprint density at radius 2 is 1.67 bits per heavy atom. The molecule has 0 amide bonds. The number of aryl methyl sites for hydroxylation is 1. The predicted molar refractivity (Wildman–Crippen MR) is 52.8 cm³/mol. The zero-order valence-corrected chi connectivity index (χ0v) is 8.95. The molecule has 0 saturated heterocycles. The minimum absolute atomic E-state index is 0.0417. The van der Waals surface area contributed by atoms with Crippen molar-refractivity contribution < 1.29 is 23.2 Å². The number of aliphatic hydroxyl groups is 2. The molecule has 0 radical (unpaired) electrons. The van der Waals surface area contributed by atoms with Crippen LogP contribution >= 0.6 is 0 Å². The zero-order valence-electron chi connectivity index (χ0n) is 8.14. The Bertz CT molecular complexity index is 464. The average molecular weight is 232 g/mol. The van der Waals surface area contributed by atoms with Crippen LogP contribution in [0.1, 0.15) is 16.7 Å². The highest BCUT2D eigenvalue weighted by Crippen LogP contribution is 2.23. The molecule has 0 bridgehead atoms. The normalized spacial score (nSPS) is 11.7. The van der Waals surface area contributed by atoms with Gasteiger partial charge in [0, 0.05) is 5.56 Å². The van der Waals surface area contributed by atoms with E-state index in [4.69, 9.17) is 14.8 Å². The number of rotatable bonds is 3. The van der Waals surface area contributed by atoms with Crippen LogP contribution in [0.5, 0.6) is 0 Å². The summed E-state index contributed by atoms with van der Waals surface area (Å²) >= 11 is 0. The predicted octanol–water partition coefficient (Wildman–Crippen LogP) is 0.226. The highest BCUT2D eigenvalue weighted by molar-refractivity contribution is 7.85. The molecule has 3 N–H and O–H groups in total. The first kappa shape index (κ1) is 12.1. The Kier molecular flexibility index (Phi) is 3.46. The Morgan fingerprint density at radius 1 is 1.13 bits per heavy atom. The van der Waals surface area contributed by atoms with E-state index >= 15 is 0 Å². The van der Waals surface area contributed by atoms with Crippen LogP contribution in [0.2, 0.25) is 0 Å². The first-order valence-electron chi connectivity index (χ1n) is 4.22. The maximum absolute atomic E-state index is 11.0. The number of aliphatic hydroxyl groups excluding tert-OH is 2. The van der Waals surface area contributed by atoms with Gasteiger partial charge >= 0.3 is 0 Å². The zero-order chi connectivity index (χ0) is 11.6. The third-order valence-corrected chi connectivity index (χ3v) is 3.15. The Labute approximate surface area is 87.7 Å². The summed E-state index contributed by atoms with van der Waals surface area (Å²) in [5.41, 5.74) is 1.03. The summed E-state index contributed by atoms with van der Waals surface area (Å²) in [4.78, 5) is -0.361. The second-order valence-electron chi connectivity index (χ2n) is 3.13. The lowest BCUT2D eigenvalue weighted by molar-refractivity contribution is 0.256. The fourth-order valence-corrected chi connectivity index (χ4v) is 2.16. The Balaban J connectivity index is 3.57. The SMILES string of the molecule is Cc1ccc(S(=O)(=O)O)c(CO)c1CO.